The summed E-state index contributed by atoms with van der Waals surface area (Å²) >= 11 is 0. The van der Waals surface area contributed by atoms with Crippen LogP contribution in [0.1, 0.15) is 103 Å². The number of unbranched alkanes of at least 4 members (excludes halogenated alkanes) is 13. The second kappa shape index (κ2) is 16.8. The second-order valence-electron chi connectivity index (χ2n) is 6.70. The lowest BCUT2D eigenvalue weighted by Gasteiger charge is -2.05. The molecule has 0 saturated heterocycles. The minimum absolute atomic E-state index is 0.177. The van der Waals surface area contributed by atoms with E-state index in [2.05, 4.69) is 0 Å². The molecule has 0 aliphatic carbocycles. The molecule has 0 aromatic rings. The molecule has 0 aliphatic heterocycles. The van der Waals surface area contributed by atoms with Gasteiger partial charge in [0.1, 0.15) is 0 Å². The Morgan fingerprint density at radius 3 is 1.32 bits per heavy atom. The lowest BCUT2D eigenvalue weighted by molar-refractivity contribution is -0.141. The molecule has 22 heavy (non-hydrogen) atoms. The fraction of sp³-hybridized carbons (Fsp3) is 0.947. The van der Waals surface area contributed by atoms with Crippen molar-refractivity contribution in [3.8, 4) is 0 Å². The lowest BCUT2D eigenvalue weighted by atomic mass is 10.0. The van der Waals surface area contributed by atoms with Crippen LogP contribution >= 0.6 is 0 Å². The lowest BCUT2D eigenvalue weighted by Crippen LogP contribution is -2.08. The monoisotopic (exact) mass is 314 g/mol. The molecule has 3 heteroatoms. The topological polar surface area (TPSA) is 57.5 Å². The molecule has 0 amide bonds. The molecular weight excluding hydrogens is 276 g/mol. The van der Waals surface area contributed by atoms with E-state index in [0.29, 0.717) is 6.61 Å². The molecular formula is C19H38O3. The van der Waals surface area contributed by atoms with E-state index in [1.807, 2.05) is 0 Å². The molecule has 0 saturated carbocycles. The van der Waals surface area contributed by atoms with E-state index in [4.69, 9.17) is 10.2 Å². The predicted molar refractivity (Wildman–Crippen MR) is 93.1 cm³/mol. The summed E-state index contributed by atoms with van der Waals surface area (Å²) in [6, 6.07) is 0. The minimum Gasteiger partial charge on any atom is -0.481 e. The number of carboxylic acid groups (broad SMARTS) is 1. The maximum atomic E-state index is 10.7. The Morgan fingerprint density at radius 2 is 1.00 bits per heavy atom. The zero-order valence-corrected chi connectivity index (χ0v) is 14.7. The van der Waals surface area contributed by atoms with Gasteiger partial charge >= 0.3 is 5.97 Å². The highest BCUT2D eigenvalue weighted by Crippen LogP contribution is 2.14. The normalized spacial score (nSPS) is 12.5. The summed E-state index contributed by atoms with van der Waals surface area (Å²) < 4.78 is 0. The average Bonchev–Trinajstić information content (AvgIpc) is 2.50. The minimum atomic E-state index is -0.659. The third-order valence-corrected chi connectivity index (χ3v) is 4.47. The van der Waals surface area contributed by atoms with Gasteiger partial charge in [-0.15, -0.1) is 0 Å². The van der Waals surface area contributed by atoms with Crippen molar-refractivity contribution >= 4 is 5.97 Å². The third kappa shape index (κ3) is 15.8. The van der Waals surface area contributed by atoms with Gasteiger partial charge in [-0.1, -0.05) is 90.4 Å². The van der Waals surface area contributed by atoms with E-state index in [1.165, 1.54) is 77.0 Å². The van der Waals surface area contributed by atoms with Crippen LogP contribution < -0.4 is 0 Å². The number of aliphatic hydroxyl groups excluding tert-OH is 1. The highest BCUT2D eigenvalue weighted by Gasteiger charge is 2.09. The number of carboxylic acids is 1. The highest BCUT2D eigenvalue weighted by atomic mass is 16.4. The quantitative estimate of drug-likeness (QED) is 0.346. The van der Waals surface area contributed by atoms with Gasteiger partial charge in [-0.05, 0) is 12.8 Å². The van der Waals surface area contributed by atoms with Gasteiger partial charge in [0.25, 0.3) is 0 Å². The first-order valence-corrected chi connectivity index (χ1v) is 9.52. The van der Waals surface area contributed by atoms with Crippen LogP contribution in [0.2, 0.25) is 0 Å². The van der Waals surface area contributed by atoms with Crippen LogP contribution in [-0.2, 0) is 4.79 Å². The van der Waals surface area contributed by atoms with E-state index in [-0.39, 0.29) is 5.92 Å². The Kier molecular flexibility index (Phi) is 16.4. The Bertz CT molecular complexity index is 241. The second-order valence-corrected chi connectivity index (χ2v) is 6.70. The van der Waals surface area contributed by atoms with Crippen molar-refractivity contribution in [3.05, 3.63) is 0 Å². The number of aliphatic carboxylic acids is 1. The van der Waals surface area contributed by atoms with Gasteiger partial charge in [0.2, 0.25) is 0 Å². The van der Waals surface area contributed by atoms with Crippen LogP contribution in [0, 0.1) is 5.92 Å². The molecule has 1 unspecified atom stereocenters. The SMILES string of the molecule is CC(CCCCCCCCCCCCCCCCO)C(=O)O. The third-order valence-electron chi connectivity index (χ3n) is 4.47. The summed E-state index contributed by atoms with van der Waals surface area (Å²) in [6.45, 7) is 2.15. The van der Waals surface area contributed by atoms with Crippen molar-refractivity contribution in [1.29, 1.82) is 0 Å². The van der Waals surface area contributed by atoms with E-state index >= 15 is 0 Å². The first-order chi connectivity index (χ1) is 10.7. The van der Waals surface area contributed by atoms with Gasteiger partial charge in [-0.3, -0.25) is 4.79 Å². The fourth-order valence-corrected chi connectivity index (χ4v) is 2.81. The summed E-state index contributed by atoms with van der Waals surface area (Å²) in [4.78, 5) is 10.7. The van der Waals surface area contributed by atoms with Crippen molar-refractivity contribution in [2.24, 2.45) is 5.92 Å². The van der Waals surface area contributed by atoms with Crippen LogP contribution in [0.5, 0.6) is 0 Å². The first-order valence-electron chi connectivity index (χ1n) is 9.52. The van der Waals surface area contributed by atoms with E-state index < -0.39 is 5.97 Å². The number of hydrogen-bond donors (Lipinski definition) is 2. The molecule has 0 fully saturated rings. The van der Waals surface area contributed by atoms with Crippen LogP contribution in [0.4, 0.5) is 0 Å². The Balaban J connectivity index is 3.04. The van der Waals surface area contributed by atoms with Crippen LogP contribution in [-0.4, -0.2) is 22.8 Å². The van der Waals surface area contributed by atoms with Crippen molar-refractivity contribution in [3.63, 3.8) is 0 Å². The van der Waals surface area contributed by atoms with E-state index in [9.17, 15) is 4.79 Å². The standard InChI is InChI=1S/C19H38O3/c1-18(19(21)22)16-14-12-10-8-6-4-2-3-5-7-9-11-13-15-17-20/h18,20H,2-17H2,1H3,(H,21,22). The number of aliphatic hydroxyl groups is 1. The molecule has 0 aromatic heterocycles. The van der Waals surface area contributed by atoms with Gasteiger partial charge < -0.3 is 10.2 Å². The van der Waals surface area contributed by atoms with E-state index in [1.54, 1.807) is 6.92 Å². The molecule has 3 nitrogen and oxygen atoms in total. The summed E-state index contributed by atoms with van der Waals surface area (Å²) in [6.07, 6.45) is 18.6. The summed E-state index contributed by atoms with van der Waals surface area (Å²) in [7, 11) is 0. The molecule has 0 spiro atoms. The Labute approximate surface area is 137 Å². The molecule has 0 radical (unpaired) electrons. The van der Waals surface area contributed by atoms with Gasteiger partial charge in [0.15, 0.2) is 0 Å². The van der Waals surface area contributed by atoms with Gasteiger partial charge in [-0.25, -0.2) is 0 Å². The fourth-order valence-electron chi connectivity index (χ4n) is 2.81. The summed E-state index contributed by atoms with van der Waals surface area (Å²) in [5, 5.41) is 17.5. The molecule has 0 heterocycles. The van der Waals surface area contributed by atoms with E-state index in [0.717, 1.165) is 19.3 Å². The molecule has 132 valence electrons. The Morgan fingerprint density at radius 1 is 0.682 bits per heavy atom. The molecule has 0 aliphatic rings. The summed E-state index contributed by atoms with van der Waals surface area (Å²) in [5.74, 6) is -0.836. The average molecular weight is 315 g/mol. The predicted octanol–water partition coefficient (Wildman–Crippen LogP) is 5.55. The smallest absolute Gasteiger partial charge is 0.306 e. The summed E-state index contributed by atoms with van der Waals surface area (Å²) in [5.41, 5.74) is 0. The maximum Gasteiger partial charge on any atom is 0.306 e. The largest absolute Gasteiger partial charge is 0.481 e. The molecule has 0 bridgehead atoms. The maximum absolute atomic E-state index is 10.7. The van der Waals surface area contributed by atoms with Crippen LogP contribution in [0.3, 0.4) is 0 Å². The molecule has 0 rings (SSSR count). The number of carbonyl (C=O) groups is 1. The first kappa shape index (κ1) is 21.4. The number of hydrogen-bond acceptors (Lipinski definition) is 2. The zero-order chi connectivity index (χ0) is 16.5. The van der Waals surface area contributed by atoms with Gasteiger partial charge in [0, 0.05) is 6.61 Å². The van der Waals surface area contributed by atoms with Crippen molar-refractivity contribution in [1.82, 2.24) is 0 Å². The van der Waals surface area contributed by atoms with Crippen molar-refractivity contribution in [2.45, 2.75) is 103 Å². The molecule has 1 atom stereocenters. The molecule has 0 aromatic carbocycles. The van der Waals surface area contributed by atoms with Gasteiger partial charge in [0.05, 0.1) is 5.92 Å². The van der Waals surface area contributed by atoms with Crippen LogP contribution in [0.25, 0.3) is 0 Å². The van der Waals surface area contributed by atoms with Gasteiger partial charge in [-0.2, -0.15) is 0 Å². The molecule has 2 N–H and O–H groups in total. The highest BCUT2D eigenvalue weighted by molar-refractivity contribution is 5.69. The van der Waals surface area contributed by atoms with Crippen molar-refractivity contribution in [2.75, 3.05) is 6.61 Å². The Hall–Kier alpha value is -0.570. The van der Waals surface area contributed by atoms with Crippen molar-refractivity contribution < 1.29 is 15.0 Å². The number of rotatable bonds is 17. The van der Waals surface area contributed by atoms with Crippen LogP contribution in [0.15, 0.2) is 0 Å². The zero-order valence-electron chi connectivity index (χ0n) is 14.7.